The summed E-state index contributed by atoms with van der Waals surface area (Å²) >= 11 is 5.93. The van der Waals surface area contributed by atoms with E-state index >= 15 is 0 Å². The number of rotatable bonds is 4. The van der Waals surface area contributed by atoms with Crippen molar-refractivity contribution in [3.8, 4) is 5.75 Å². The zero-order valence-electron chi connectivity index (χ0n) is 14.0. The molecule has 142 valence electrons. The van der Waals surface area contributed by atoms with Gasteiger partial charge in [-0.2, -0.15) is 0 Å². The number of hydrogen-bond donors (Lipinski definition) is 1. The number of sulfonamides is 1. The van der Waals surface area contributed by atoms with Crippen LogP contribution in [-0.4, -0.2) is 38.2 Å². The van der Waals surface area contributed by atoms with Crippen molar-refractivity contribution in [1.29, 1.82) is 0 Å². The quantitative estimate of drug-likeness (QED) is 0.609. The van der Waals surface area contributed by atoms with Crippen LogP contribution < -0.4 is 14.4 Å². The van der Waals surface area contributed by atoms with Gasteiger partial charge in [0.15, 0.2) is 6.10 Å². The van der Waals surface area contributed by atoms with E-state index in [1.807, 2.05) is 0 Å². The van der Waals surface area contributed by atoms with E-state index in [2.05, 4.69) is 5.32 Å². The second kappa shape index (κ2) is 7.05. The fourth-order valence-electron chi connectivity index (χ4n) is 2.60. The number of nitrogens with zero attached hydrogens (tertiary/aromatic N) is 2. The van der Waals surface area contributed by atoms with Crippen LogP contribution in [0.3, 0.4) is 0 Å². The lowest BCUT2D eigenvalue weighted by atomic mass is 10.2. The number of hydrogen-bond acceptors (Lipinski definition) is 6. The SMILES string of the molecule is CS(=O)(=O)N1CC(C(=O)Nc2cccc([N+](=O)[O-])c2)Oc2ccc(Cl)cc21. The van der Waals surface area contributed by atoms with Crippen molar-refractivity contribution in [3.63, 3.8) is 0 Å². The van der Waals surface area contributed by atoms with E-state index < -0.39 is 27.0 Å². The predicted octanol–water partition coefficient (Wildman–Crippen LogP) is 2.41. The van der Waals surface area contributed by atoms with Crippen molar-refractivity contribution < 1.29 is 22.9 Å². The Morgan fingerprint density at radius 1 is 1.33 bits per heavy atom. The van der Waals surface area contributed by atoms with Crippen LogP contribution in [0.4, 0.5) is 17.1 Å². The van der Waals surface area contributed by atoms with E-state index in [-0.39, 0.29) is 29.4 Å². The number of anilines is 2. The zero-order chi connectivity index (χ0) is 19.8. The van der Waals surface area contributed by atoms with Crippen molar-refractivity contribution in [2.75, 3.05) is 22.4 Å². The maximum atomic E-state index is 12.5. The molecule has 2 aromatic rings. The third kappa shape index (κ3) is 4.12. The number of benzene rings is 2. The van der Waals surface area contributed by atoms with Gasteiger partial charge in [0.1, 0.15) is 5.75 Å². The highest BCUT2D eigenvalue weighted by Gasteiger charge is 2.35. The average molecular weight is 412 g/mol. The van der Waals surface area contributed by atoms with E-state index in [9.17, 15) is 23.3 Å². The Morgan fingerprint density at radius 3 is 2.74 bits per heavy atom. The van der Waals surface area contributed by atoms with Gasteiger partial charge in [-0.25, -0.2) is 8.42 Å². The highest BCUT2D eigenvalue weighted by molar-refractivity contribution is 7.92. The molecule has 0 saturated heterocycles. The summed E-state index contributed by atoms with van der Waals surface area (Å²) in [5.41, 5.74) is 0.255. The molecule has 3 rings (SSSR count). The molecule has 1 atom stereocenters. The summed E-state index contributed by atoms with van der Waals surface area (Å²) in [5.74, 6) is -0.444. The lowest BCUT2D eigenvalue weighted by molar-refractivity contribution is -0.384. The van der Waals surface area contributed by atoms with Crippen LogP contribution in [0.5, 0.6) is 5.75 Å². The number of carbonyl (C=O) groups is 1. The molecular weight excluding hydrogens is 398 g/mol. The molecule has 1 aliphatic heterocycles. The number of ether oxygens (including phenoxy) is 1. The number of fused-ring (bicyclic) bond motifs is 1. The minimum atomic E-state index is -3.69. The molecule has 27 heavy (non-hydrogen) atoms. The highest BCUT2D eigenvalue weighted by atomic mass is 35.5. The standard InChI is InChI=1S/C16H14ClN3O6S/c1-27(24,25)19-9-15(26-14-6-5-10(17)7-13(14)19)16(21)18-11-3-2-4-12(8-11)20(22)23/h2-8,15H,9H2,1H3,(H,18,21). The molecular formula is C16H14ClN3O6S. The van der Waals surface area contributed by atoms with E-state index in [1.165, 1.54) is 42.5 Å². The summed E-state index contributed by atoms with van der Waals surface area (Å²) in [4.78, 5) is 22.8. The summed E-state index contributed by atoms with van der Waals surface area (Å²) < 4.78 is 30.9. The summed E-state index contributed by atoms with van der Waals surface area (Å²) in [7, 11) is -3.69. The molecule has 11 heteroatoms. The fourth-order valence-corrected chi connectivity index (χ4v) is 3.67. The summed E-state index contributed by atoms with van der Waals surface area (Å²) in [6.45, 7) is -0.257. The van der Waals surface area contributed by atoms with Crippen LogP contribution in [0.1, 0.15) is 0 Å². The van der Waals surface area contributed by atoms with Gasteiger partial charge in [0, 0.05) is 22.8 Å². The third-order valence-electron chi connectivity index (χ3n) is 3.81. The van der Waals surface area contributed by atoms with Crippen LogP contribution in [0.2, 0.25) is 5.02 Å². The molecule has 2 aromatic carbocycles. The van der Waals surface area contributed by atoms with Gasteiger partial charge >= 0.3 is 0 Å². The van der Waals surface area contributed by atoms with Crippen molar-refractivity contribution in [3.05, 3.63) is 57.6 Å². The minimum absolute atomic E-state index is 0.185. The molecule has 0 aliphatic carbocycles. The number of carbonyl (C=O) groups excluding carboxylic acids is 1. The maximum Gasteiger partial charge on any atom is 0.271 e. The smallest absolute Gasteiger partial charge is 0.271 e. The molecule has 1 aliphatic rings. The molecule has 0 spiro atoms. The zero-order valence-corrected chi connectivity index (χ0v) is 15.5. The van der Waals surface area contributed by atoms with Crippen molar-refractivity contribution in [2.45, 2.75) is 6.10 Å². The molecule has 1 N–H and O–H groups in total. The topological polar surface area (TPSA) is 119 Å². The van der Waals surface area contributed by atoms with Crippen LogP contribution in [0, 0.1) is 10.1 Å². The van der Waals surface area contributed by atoms with E-state index in [1.54, 1.807) is 0 Å². The van der Waals surface area contributed by atoms with Gasteiger partial charge in [0.25, 0.3) is 11.6 Å². The minimum Gasteiger partial charge on any atom is -0.476 e. The van der Waals surface area contributed by atoms with Crippen molar-refractivity contribution in [1.82, 2.24) is 0 Å². The van der Waals surface area contributed by atoms with Gasteiger partial charge in [-0.05, 0) is 24.3 Å². The Bertz CT molecular complexity index is 1030. The second-order valence-electron chi connectivity index (χ2n) is 5.81. The Labute approximate surface area is 159 Å². The second-order valence-corrected chi connectivity index (χ2v) is 8.15. The highest BCUT2D eigenvalue weighted by Crippen LogP contribution is 2.37. The lowest BCUT2D eigenvalue weighted by Gasteiger charge is -2.34. The third-order valence-corrected chi connectivity index (χ3v) is 5.19. The normalized spacial score (nSPS) is 16.2. The van der Waals surface area contributed by atoms with Gasteiger partial charge in [0.2, 0.25) is 10.0 Å². The Kier molecular flexibility index (Phi) is 4.94. The lowest BCUT2D eigenvalue weighted by Crippen LogP contribution is -2.48. The van der Waals surface area contributed by atoms with Crippen molar-refractivity contribution >= 4 is 44.6 Å². The predicted molar refractivity (Wildman–Crippen MR) is 99.8 cm³/mol. The number of halogens is 1. The Morgan fingerprint density at radius 2 is 2.07 bits per heavy atom. The molecule has 0 bridgehead atoms. The first-order valence-electron chi connectivity index (χ1n) is 7.64. The Balaban J connectivity index is 1.87. The first-order valence-corrected chi connectivity index (χ1v) is 9.87. The van der Waals surface area contributed by atoms with Gasteiger partial charge < -0.3 is 10.1 Å². The van der Waals surface area contributed by atoms with E-state index in [0.717, 1.165) is 10.6 Å². The molecule has 0 saturated carbocycles. The van der Waals surface area contributed by atoms with Gasteiger partial charge in [-0.1, -0.05) is 17.7 Å². The molecule has 0 radical (unpaired) electrons. The first kappa shape index (κ1) is 18.9. The van der Waals surface area contributed by atoms with Crippen LogP contribution in [-0.2, 0) is 14.8 Å². The first-order chi connectivity index (χ1) is 12.6. The van der Waals surface area contributed by atoms with Gasteiger partial charge in [-0.15, -0.1) is 0 Å². The van der Waals surface area contributed by atoms with Crippen molar-refractivity contribution in [2.24, 2.45) is 0 Å². The van der Waals surface area contributed by atoms with E-state index in [0.29, 0.717) is 5.02 Å². The summed E-state index contributed by atoms with van der Waals surface area (Å²) in [5, 5.41) is 13.7. The van der Waals surface area contributed by atoms with Gasteiger partial charge in [-0.3, -0.25) is 19.2 Å². The van der Waals surface area contributed by atoms with Crippen LogP contribution in [0.25, 0.3) is 0 Å². The number of amides is 1. The largest absolute Gasteiger partial charge is 0.476 e. The van der Waals surface area contributed by atoms with Crippen LogP contribution in [0.15, 0.2) is 42.5 Å². The monoisotopic (exact) mass is 411 g/mol. The van der Waals surface area contributed by atoms with Crippen LogP contribution >= 0.6 is 11.6 Å². The molecule has 1 heterocycles. The maximum absolute atomic E-state index is 12.5. The van der Waals surface area contributed by atoms with E-state index in [4.69, 9.17) is 16.3 Å². The fraction of sp³-hybridized carbons (Fsp3) is 0.188. The van der Waals surface area contributed by atoms with Gasteiger partial charge in [0.05, 0.1) is 23.4 Å². The number of non-ortho nitro benzene ring substituents is 1. The summed E-state index contributed by atoms with van der Waals surface area (Å²) in [6.07, 6.45) is -0.133. The number of nitro groups is 1. The number of nitrogens with one attached hydrogen (secondary N) is 1. The number of nitro benzene ring substituents is 1. The molecule has 9 nitrogen and oxygen atoms in total. The molecule has 0 fully saturated rings. The Hall–Kier alpha value is -2.85. The average Bonchev–Trinajstić information content (AvgIpc) is 2.60. The molecule has 1 unspecified atom stereocenters. The summed E-state index contributed by atoms with van der Waals surface area (Å²) in [6, 6.07) is 9.82. The molecule has 1 amide bonds. The molecule has 0 aromatic heterocycles.